The Balaban J connectivity index is 2.57. The van der Waals surface area contributed by atoms with Crippen LogP contribution < -0.4 is 16.0 Å². The van der Waals surface area contributed by atoms with Crippen molar-refractivity contribution in [3.05, 3.63) is 23.7 Å². The number of guanidine groups is 1. The van der Waals surface area contributed by atoms with E-state index >= 15 is 0 Å². The molecule has 0 aliphatic carbocycles. The van der Waals surface area contributed by atoms with Gasteiger partial charge in [0.1, 0.15) is 11.5 Å². The van der Waals surface area contributed by atoms with Gasteiger partial charge in [-0.2, -0.15) is 0 Å². The minimum Gasteiger partial charge on any atom is -0.464 e. The SMILES string of the molecule is CCNC(=O)C(C)(C)CNC(=NC)NC(C)c1ccc(C)o1. The molecule has 1 unspecified atom stereocenters. The molecular weight excluding hydrogens is 280 g/mol. The monoisotopic (exact) mass is 308 g/mol. The molecule has 1 amide bonds. The molecule has 0 aliphatic rings. The highest BCUT2D eigenvalue weighted by Crippen LogP contribution is 2.16. The number of aliphatic imine (C=N–C) groups is 1. The summed E-state index contributed by atoms with van der Waals surface area (Å²) in [6.07, 6.45) is 0. The fourth-order valence-electron chi connectivity index (χ4n) is 1.94. The molecule has 0 aliphatic heterocycles. The first-order valence-corrected chi connectivity index (χ1v) is 7.62. The largest absolute Gasteiger partial charge is 0.464 e. The Morgan fingerprint density at radius 1 is 1.36 bits per heavy atom. The number of hydrogen-bond acceptors (Lipinski definition) is 3. The summed E-state index contributed by atoms with van der Waals surface area (Å²) in [5.74, 6) is 2.39. The van der Waals surface area contributed by atoms with Crippen molar-refractivity contribution in [1.82, 2.24) is 16.0 Å². The summed E-state index contributed by atoms with van der Waals surface area (Å²) in [4.78, 5) is 16.2. The molecule has 0 spiro atoms. The number of nitrogens with zero attached hydrogens (tertiary/aromatic N) is 1. The predicted octanol–water partition coefficient (Wildman–Crippen LogP) is 1.98. The number of hydrogen-bond donors (Lipinski definition) is 3. The van der Waals surface area contributed by atoms with Crippen LogP contribution in [0.2, 0.25) is 0 Å². The molecular formula is C16H28N4O2. The number of aryl methyl sites for hydroxylation is 1. The van der Waals surface area contributed by atoms with E-state index in [-0.39, 0.29) is 11.9 Å². The van der Waals surface area contributed by atoms with Gasteiger partial charge in [-0.05, 0) is 46.8 Å². The van der Waals surface area contributed by atoms with Gasteiger partial charge >= 0.3 is 0 Å². The molecule has 22 heavy (non-hydrogen) atoms. The zero-order chi connectivity index (χ0) is 16.8. The van der Waals surface area contributed by atoms with Gasteiger partial charge in [-0.3, -0.25) is 9.79 Å². The van der Waals surface area contributed by atoms with Crippen LogP contribution in [0.5, 0.6) is 0 Å². The molecule has 1 heterocycles. The van der Waals surface area contributed by atoms with E-state index < -0.39 is 5.41 Å². The molecule has 0 fully saturated rings. The van der Waals surface area contributed by atoms with Gasteiger partial charge < -0.3 is 20.4 Å². The van der Waals surface area contributed by atoms with Gasteiger partial charge in [0.15, 0.2) is 5.96 Å². The lowest BCUT2D eigenvalue weighted by Crippen LogP contribution is -2.48. The van der Waals surface area contributed by atoms with Crippen LogP contribution in [-0.4, -0.2) is 32.0 Å². The van der Waals surface area contributed by atoms with E-state index in [0.29, 0.717) is 19.0 Å². The lowest BCUT2D eigenvalue weighted by molar-refractivity contribution is -0.128. The smallest absolute Gasteiger partial charge is 0.227 e. The highest BCUT2D eigenvalue weighted by Gasteiger charge is 2.27. The molecule has 6 heteroatoms. The molecule has 0 bridgehead atoms. The Kier molecular flexibility index (Phi) is 6.46. The summed E-state index contributed by atoms with van der Waals surface area (Å²) >= 11 is 0. The van der Waals surface area contributed by atoms with Gasteiger partial charge in [0.2, 0.25) is 5.91 Å². The molecule has 0 radical (unpaired) electrons. The van der Waals surface area contributed by atoms with E-state index in [1.807, 2.05) is 46.8 Å². The number of furan rings is 1. The van der Waals surface area contributed by atoms with Crippen molar-refractivity contribution >= 4 is 11.9 Å². The zero-order valence-corrected chi connectivity index (χ0v) is 14.4. The van der Waals surface area contributed by atoms with Crippen LogP contribution in [0, 0.1) is 12.3 Å². The highest BCUT2D eigenvalue weighted by atomic mass is 16.3. The van der Waals surface area contributed by atoms with Gasteiger partial charge in [-0.25, -0.2) is 0 Å². The van der Waals surface area contributed by atoms with Crippen LogP contribution in [0.15, 0.2) is 21.5 Å². The van der Waals surface area contributed by atoms with E-state index in [9.17, 15) is 4.79 Å². The molecule has 3 N–H and O–H groups in total. The van der Waals surface area contributed by atoms with Gasteiger partial charge in [0.05, 0.1) is 11.5 Å². The third-order valence-corrected chi connectivity index (χ3v) is 3.41. The standard InChI is InChI=1S/C16H28N4O2/c1-7-18-14(21)16(4,5)10-19-15(17-6)20-12(3)13-9-8-11(2)22-13/h8-9,12H,7,10H2,1-6H3,(H,18,21)(H2,17,19,20). The summed E-state index contributed by atoms with van der Waals surface area (Å²) in [6, 6.07) is 3.87. The number of rotatable bonds is 6. The van der Waals surface area contributed by atoms with E-state index in [4.69, 9.17) is 4.42 Å². The predicted molar refractivity (Wildman–Crippen MR) is 88.8 cm³/mol. The average Bonchev–Trinajstić information content (AvgIpc) is 2.90. The molecule has 1 aromatic rings. The Morgan fingerprint density at radius 3 is 2.55 bits per heavy atom. The molecule has 6 nitrogen and oxygen atoms in total. The lowest BCUT2D eigenvalue weighted by Gasteiger charge is -2.25. The number of carbonyl (C=O) groups excluding carboxylic acids is 1. The quantitative estimate of drug-likeness (QED) is 0.554. The Hall–Kier alpha value is -1.98. The first kappa shape index (κ1) is 18.1. The van der Waals surface area contributed by atoms with Crippen LogP contribution in [0.4, 0.5) is 0 Å². The van der Waals surface area contributed by atoms with Gasteiger partial charge in [0.25, 0.3) is 0 Å². The summed E-state index contributed by atoms with van der Waals surface area (Å²) in [5.41, 5.74) is -0.516. The third kappa shape index (κ3) is 5.09. The number of carbonyl (C=O) groups is 1. The Morgan fingerprint density at radius 2 is 2.05 bits per heavy atom. The van der Waals surface area contributed by atoms with Crippen molar-refractivity contribution in [1.29, 1.82) is 0 Å². The fraction of sp³-hybridized carbons (Fsp3) is 0.625. The third-order valence-electron chi connectivity index (χ3n) is 3.41. The van der Waals surface area contributed by atoms with E-state index in [0.717, 1.165) is 11.5 Å². The second-order valence-electron chi connectivity index (χ2n) is 5.98. The second kappa shape index (κ2) is 7.87. The maximum atomic E-state index is 12.0. The molecule has 1 atom stereocenters. The van der Waals surface area contributed by atoms with Crippen molar-refractivity contribution < 1.29 is 9.21 Å². The van der Waals surface area contributed by atoms with Crippen molar-refractivity contribution in [2.75, 3.05) is 20.1 Å². The molecule has 124 valence electrons. The maximum absolute atomic E-state index is 12.0. The summed E-state index contributed by atoms with van der Waals surface area (Å²) in [5, 5.41) is 9.29. The number of nitrogens with one attached hydrogen (secondary N) is 3. The molecule has 0 saturated carbocycles. The molecule has 0 aromatic carbocycles. The van der Waals surface area contributed by atoms with Crippen molar-refractivity contribution in [3.8, 4) is 0 Å². The van der Waals surface area contributed by atoms with Crippen LogP contribution >= 0.6 is 0 Å². The molecule has 0 saturated heterocycles. The van der Waals surface area contributed by atoms with E-state index in [1.54, 1.807) is 7.05 Å². The average molecular weight is 308 g/mol. The van der Waals surface area contributed by atoms with Gasteiger partial charge in [0, 0.05) is 20.1 Å². The first-order valence-electron chi connectivity index (χ1n) is 7.62. The van der Waals surface area contributed by atoms with Gasteiger partial charge in [-0.1, -0.05) is 0 Å². The normalized spacial score (nSPS) is 13.6. The Bertz CT molecular complexity index is 520. The highest BCUT2D eigenvalue weighted by molar-refractivity contribution is 5.84. The number of amides is 1. The maximum Gasteiger partial charge on any atom is 0.227 e. The zero-order valence-electron chi connectivity index (χ0n) is 14.4. The first-order chi connectivity index (χ1) is 10.3. The van der Waals surface area contributed by atoms with Crippen molar-refractivity contribution in [2.24, 2.45) is 10.4 Å². The summed E-state index contributed by atoms with van der Waals surface area (Å²) in [6.45, 7) is 10.7. The lowest BCUT2D eigenvalue weighted by atomic mass is 9.92. The Labute approximate surface area is 132 Å². The summed E-state index contributed by atoms with van der Waals surface area (Å²) < 4.78 is 5.60. The van der Waals surface area contributed by atoms with E-state index in [2.05, 4.69) is 20.9 Å². The van der Waals surface area contributed by atoms with Gasteiger partial charge in [-0.15, -0.1) is 0 Å². The molecule has 1 rings (SSSR count). The molecule has 1 aromatic heterocycles. The summed E-state index contributed by atoms with van der Waals surface area (Å²) in [7, 11) is 1.70. The second-order valence-corrected chi connectivity index (χ2v) is 5.98. The van der Waals surface area contributed by atoms with Crippen LogP contribution in [0.25, 0.3) is 0 Å². The van der Waals surface area contributed by atoms with Crippen LogP contribution in [0.3, 0.4) is 0 Å². The minimum absolute atomic E-state index is 0.00696. The van der Waals surface area contributed by atoms with Crippen LogP contribution in [-0.2, 0) is 4.79 Å². The van der Waals surface area contributed by atoms with Crippen molar-refractivity contribution in [2.45, 2.75) is 40.7 Å². The van der Waals surface area contributed by atoms with E-state index in [1.165, 1.54) is 0 Å². The topological polar surface area (TPSA) is 78.7 Å². The van der Waals surface area contributed by atoms with Crippen LogP contribution in [0.1, 0.15) is 45.3 Å². The van der Waals surface area contributed by atoms with Crippen molar-refractivity contribution in [3.63, 3.8) is 0 Å². The fourth-order valence-corrected chi connectivity index (χ4v) is 1.94. The minimum atomic E-state index is -0.516.